The lowest BCUT2D eigenvalue weighted by Gasteiger charge is -2.29. The molecule has 0 aliphatic carbocycles. The predicted molar refractivity (Wildman–Crippen MR) is 110 cm³/mol. The van der Waals surface area contributed by atoms with Crippen molar-refractivity contribution in [3.05, 3.63) is 24.0 Å². The molecule has 0 bridgehead atoms. The maximum Gasteiger partial charge on any atom is 0.253 e. The van der Waals surface area contributed by atoms with E-state index in [0.717, 1.165) is 10.6 Å². The number of nitrogens with zero attached hydrogens (tertiary/aromatic N) is 2. The number of β-amino-alcohol motifs (C(OH)–C–C–N with tert-alkyl or cyclic N) is 1. The standard InChI is InChI=1S/C20H33N5O5/c1-19(2,12-21-16(27)7-8-25-17(28)5-6-18(25)29)13-30-14-20(3,4)15-11-24(9-10-26)23-22-15/h5-6,11,22-23,26H,7-10,12-14H2,1-4H3,(H,21,27). The number of aliphatic hydroxyl groups excluding tert-OH is 1. The fraction of sp³-hybridized carbons (Fsp3) is 0.650. The number of rotatable bonds is 12. The number of hydrogen-bond donors (Lipinski definition) is 4. The van der Waals surface area contributed by atoms with Gasteiger partial charge in [0.05, 0.1) is 32.1 Å². The number of carbonyl (C=O) groups excluding carboxylic acids is 3. The van der Waals surface area contributed by atoms with E-state index in [1.165, 1.54) is 12.2 Å². The number of amides is 3. The average Bonchev–Trinajstić information content (AvgIpc) is 3.26. The molecule has 0 aromatic carbocycles. The molecule has 0 aromatic rings. The van der Waals surface area contributed by atoms with E-state index in [0.29, 0.717) is 26.3 Å². The van der Waals surface area contributed by atoms with Crippen molar-refractivity contribution in [2.24, 2.45) is 10.8 Å². The molecule has 2 aliphatic rings. The summed E-state index contributed by atoms with van der Waals surface area (Å²) in [5.41, 5.74) is 6.47. The van der Waals surface area contributed by atoms with E-state index < -0.39 is 0 Å². The van der Waals surface area contributed by atoms with Gasteiger partial charge in [0.1, 0.15) is 0 Å². The van der Waals surface area contributed by atoms with Crippen molar-refractivity contribution in [3.63, 3.8) is 0 Å². The van der Waals surface area contributed by atoms with Gasteiger partial charge in [-0.15, -0.1) is 5.53 Å². The summed E-state index contributed by atoms with van der Waals surface area (Å²) >= 11 is 0. The summed E-state index contributed by atoms with van der Waals surface area (Å²) in [5, 5.41) is 13.6. The van der Waals surface area contributed by atoms with Crippen LogP contribution in [0.15, 0.2) is 24.0 Å². The van der Waals surface area contributed by atoms with Crippen LogP contribution in [0, 0.1) is 10.8 Å². The van der Waals surface area contributed by atoms with Crippen LogP contribution in [0.1, 0.15) is 34.1 Å². The lowest BCUT2D eigenvalue weighted by atomic mass is 9.90. The summed E-state index contributed by atoms with van der Waals surface area (Å²) in [7, 11) is 0. The summed E-state index contributed by atoms with van der Waals surface area (Å²) in [4.78, 5) is 36.1. The molecule has 0 aromatic heterocycles. The molecule has 2 heterocycles. The first-order valence-electron chi connectivity index (χ1n) is 10.0. The summed E-state index contributed by atoms with van der Waals surface area (Å²) < 4.78 is 5.94. The van der Waals surface area contributed by atoms with Crippen LogP contribution in [0.25, 0.3) is 0 Å². The van der Waals surface area contributed by atoms with Gasteiger partial charge in [-0.2, -0.15) is 0 Å². The quantitative estimate of drug-likeness (QED) is 0.314. The van der Waals surface area contributed by atoms with E-state index in [9.17, 15) is 14.4 Å². The van der Waals surface area contributed by atoms with Gasteiger partial charge < -0.3 is 20.6 Å². The molecule has 0 fully saturated rings. The molecule has 3 amide bonds. The number of hydrogen-bond acceptors (Lipinski definition) is 8. The van der Waals surface area contributed by atoms with Crippen molar-refractivity contribution in [2.45, 2.75) is 34.1 Å². The zero-order chi connectivity index (χ0) is 22.4. The average molecular weight is 424 g/mol. The van der Waals surface area contributed by atoms with Crippen LogP contribution in [0.5, 0.6) is 0 Å². The third-order valence-corrected chi connectivity index (χ3v) is 4.87. The third-order valence-electron chi connectivity index (χ3n) is 4.87. The Balaban J connectivity index is 1.69. The van der Waals surface area contributed by atoms with Crippen molar-refractivity contribution >= 4 is 17.7 Å². The van der Waals surface area contributed by atoms with Crippen LogP contribution in [-0.2, 0) is 19.1 Å². The molecule has 4 N–H and O–H groups in total. The molecule has 168 valence electrons. The van der Waals surface area contributed by atoms with Crippen molar-refractivity contribution in [1.29, 1.82) is 0 Å². The molecule has 2 rings (SSSR count). The second kappa shape index (κ2) is 10.1. The van der Waals surface area contributed by atoms with Gasteiger partial charge in [-0.1, -0.05) is 27.7 Å². The maximum absolute atomic E-state index is 12.1. The SMILES string of the molecule is CC(C)(CNC(=O)CCN1C(=O)C=CC1=O)COCC(C)(C)C1=CN(CCO)NN1. The van der Waals surface area contributed by atoms with E-state index in [-0.39, 0.29) is 48.1 Å². The molecule has 0 radical (unpaired) electrons. The van der Waals surface area contributed by atoms with Gasteiger partial charge in [-0.05, 0) is 0 Å². The van der Waals surface area contributed by atoms with Crippen molar-refractivity contribution in [1.82, 2.24) is 26.2 Å². The lowest BCUT2D eigenvalue weighted by Crippen LogP contribution is -2.41. The van der Waals surface area contributed by atoms with Crippen molar-refractivity contribution < 1.29 is 24.2 Å². The highest BCUT2D eigenvalue weighted by atomic mass is 16.5. The first-order chi connectivity index (χ1) is 14.0. The van der Waals surface area contributed by atoms with Gasteiger partial charge in [0, 0.05) is 48.7 Å². The Bertz CT molecular complexity index is 698. The number of aliphatic hydroxyl groups is 1. The Morgan fingerprint density at radius 3 is 2.43 bits per heavy atom. The van der Waals surface area contributed by atoms with Gasteiger partial charge in [0.2, 0.25) is 5.91 Å². The van der Waals surface area contributed by atoms with Crippen LogP contribution < -0.4 is 16.3 Å². The lowest BCUT2D eigenvalue weighted by molar-refractivity contribution is -0.137. The van der Waals surface area contributed by atoms with Crippen LogP contribution >= 0.6 is 0 Å². The third kappa shape index (κ3) is 6.82. The Kier molecular flexibility index (Phi) is 7.99. The monoisotopic (exact) mass is 423 g/mol. The highest BCUT2D eigenvalue weighted by molar-refractivity contribution is 6.13. The zero-order valence-electron chi connectivity index (χ0n) is 18.2. The molecule has 0 spiro atoms. The number of hydrazine groups is 2. The molecule has 0 saturated carbocycles. The summed E-state index contributed by atoms with van der Waals surface area (Å²) in [6.45, 7) is 10.1. The molecule has 0 atom stereocenters. The number of carbonyl (C=O) groups is 3. The smallest absolute Gasteiger partial charge is 0.253 e. The van der Waals surface area contributed by atoms with Gasteiger partial charge in [-0.3, -0.25) is 24.3 Å². The minimum absolute atomic E-state index is 0.0524. The Labute approximate surface area is 177 Å². The van der Waals surface area contributed by atoms with Crippen LogP contribution in [0.3, 0.4) is 0 Å². The number of nitrogens with one attached hydrogen (secondary N) is 3. The van der Waals surface area contributed by atoms with Gasteiger partial charge >= 0.3 is 0 Å². The molecule has 30 heavy (non-hydrogen) atoms. The van der Waals surface area contributed by atoms with Crippen LogP contribution in [0.2, 0.25) is 0 Å². The molecule has 10 heteroatoms. The van der Waals surface area contributed by atoms with Gasteiger partial charge in [-0.25, -0.2) is 0 Å². The Morgan fingerprint density at radius 2 is 1.80 bits per heavy atom. The molecule has 10 nitrogen and oxygen atoms in total. The predicted octanol–water partition coefficient (Wildman–Crippen LogP) is -0.355. The van der Waals surface area contributed by atoms with Crippen molar-refractivity contribution in [3.8, 4) is 0 Å². The number of ether oxygens (including phenoxy) is 1. The molecular weight excluding hydrogens is 390 g/mol. The fourth-order valence-corrected chi connectivity index (χ4v) is 2.93. The van der Waals surface area contributed by atoms with Crippen LogP contribution in [-0.4, -0.2) is 72.2 Å². The van der Waals surface area contributed by atoms with Crippen molar-refractivity contribution in [2.75, 3.05) is 39.5 Å². The summed E-state index contributed by atoms with van der Waals surface area (Å²) in [6, 6.07) is 0. The highest BCUT2D eigenvalue weighted by Gasteiger charge is 2.29. The molecule has 0 unspecified atom stereocenters. The fourth-order valence-electron chi connectivity index (χ4n) is 2.93. The molecule has 2 aliphatic heterocycles. The zero-order valence-corrected chi connectivity index (χ0v) is 18.2. The minimum Gasteiger partial charge on any atom is -0.394 e. The van der Waals surface area contributed by atoms with Crippen LogP contribution in [0.4, 0.5) is 0 Å². The topological polar surface area (TPSA) is 123 Å². The molecular formula is C20H33N5O5. The summed E-state index contributed by atoms with van der Waals surface area (Å²) in [5.74, 6) is -0.984. The summed E-state index contributed by atoms with van der Waals surface area (Å²) in [6.07, 6.45) is 4.40. The van der Waals surface area contributed by atoms with E-state index >= 15 is 0 Å². The maximum atomic E-state index is 12.1. The number of imide groups is 1. The Morgan fingerprint density at radius 1 is 1.13 bits per heavy atom. The van der Waals surface area contributed by atoms with E-state index in [4.69, 9.17) is 9.84 Å². The Hall–Kier alpha value is -2.43. The van der Waals surface area contributed by atoms with E-state index in [2.05, 4.69) is 30.1 Å². The highest BCUT2D eigenvalue weighted by Crippen LogP contribution is 2.27. The first-order valence-corrected chi connectivity index (χ1v) is 10.0. The minimum atomic E-state index is -0.384. The van der Waals surface area contributed by atoms with E-state index in [1.54, 1.807) is 5.01 Å². The normalized spacial score (nSPS) is 16.9. The van der Waals surface area contributed by atoms with Gasteiger partial charge in [0.15, 0.2) is 0 Å². The molecule has 0 saturated heterocycles. The van der Waals surface area contributed by atoms with E-state index in [1.807, 2.05) is 20.0 Å². The second-order valence-electron chi connectivity index (χ2n) is 8.93. The first kappa shape index (κ1) is 23.8. The second-order valence-corrected chi connectivity index (χ2v) is 8.93. The van der Waals surface area contributed by atoms with Gasteiger partial charge in [0.25, 0.3) is 11.8 Å². The largest absolute Gasteiger partial charge is 0.394 e.